The molecule has 7 heteroatoms. The Balaban J connectivity index is 0.00000364. The van der Waals surface area contributed by atoms with Crippen LogP contribution in [0.1, 0.15) is 27.2 Å². The molecule has 6 nitrogen and oxygen atoms in total. The maximum atomic E-state index is 5.77. The number of nitrogens with one attached hydrogen (secondary N) is 2. The van der Waals surface area contributed by atoms with Gasteiger partial charge in [0.25, 0.3) is 0 Å². The van der Waals surface area contributed by atoms with Crippen molar-refractivity contribution in [2.75, 3.05) is 40.4 Å². The van der Waals surface area contributed by atoms with Crippen molar-refractivity contribution in [1.29, 1.82) is 0 Å². The van der Waals surface area contributed by atoms with Gasteiger partial charge in [0.1, 0.15) is 11.5 Å². The summed E-state index contributed by atoms with van der Waals surface area (Å²) in [6.45, 7) is 10.5. The largest absolute Gasteiger partial charge is 0.497 e. The van der Waals surface area contributed by atoms with E-state index in [0.717, 1.165) is 43.5 Å². The molecule has 0 saturated carbocycles. The number of hydrogen-bond donors (Lipinski definition) is 2. The molecule has 1 heterocycles. The highest BCUT2D eigenvalue weighted by atomic mass is 127. The first-order chi connectivity index (χ1) is 12.5. The molecule has 27 heavy (non-hydrogen) atoms. The molecule has 2 rings (SSSR count). The number of nitrogens with zero attached hydrogens (tertiary/aromatic N) is 2. The second kappa shape index (κ2) is 12.3. The summed E-state index contributed by atoms with van der Waals surface area (Å²) in [4.78, 5) is 6.86. The predicted molar refractivity (Wildman–Crippen MR) is 123 cm³/mol. The lowest BCUT2D eigenvalue weighted by Gasteiger charge is -2.22. The van der Waals surface area contributed by atoms with Gasteiger partial charge in [-0.05, 0) is 38.3 Å². The molecule has 1 fully saturated rings. The molecule has 0 spiro atoms. The summed E-state index contributed by atoms with van der Waals surface area (Å²) in [6.07, 6.45) is 0.899. The molecule has 1 aromatic carbocycles. The molecule has 0 amide bonds. The minimum absolute atomic E-state index is 0. The van der Waals surface area contributed by atoms with Crippen LogP contribution in [0, 0.1) is 5.92 Å². The van der Waals surface area contributed by atoms with Crippen LogP contribution in [-0.2, 0) is 0 Å². The fourth-order valence-electron chi connectivity index (χ4n) is 3.14. The average Bonchev–Trinajstić information content (AvgIpc) is 3.01. The zero-order valence-electron chi connectivity index (χ0n) is 17.2. The molecular formula is C20H35IN4O2. The van der Waals surface area contributed by atoms with Crippen molar-refractivity contribution in [2.24, 2.45) is 10.9 Å². The zero-order chi connectivity index (χ0) is 18.9. The fraction of sp³-hybridized carbons (Fsp3) is 0.650. The van der Waals surface area contributed by atoms with Crippen LogP contribution in [0.5, 0.6) is 11.5 Å². The SMILES string of the molecule is CN=C(NCCCOc1cccc(OC)c1)NC1CN(C(C)C)CC1C.I. The van der Waals surface area contributed by atoms with Crippen LogP contribution in [0.3, 0.4) is 0 Å². The quantitative estimate of drug-likeness (QED) is 0.254. The van der Waals surface area contributed by atoms with Crippen LogP contribution in [-0.4, -0.2) is 63.3 Å². The molecule has 0 bridgehead atoms. The number of ether oxygens (including phenoxy) is 2. The lowest BCUT2D eigenvalue weighted by Crippen LogP contribution is -2.47. The van der Waals surface area contributed by atoms with Crippen molar-refractivity contribution < 1.29 is 9.47 Å². The van der Waals surface area contributed by atoms with Gasteiger partial charge >= 0.3 is 0 Å². The number of halogens is 1. The standard InChI is InChI=1S/C20H34N4O2.HI/c1-15(2)24-13-16(3)19(14-24)23-20(21-4)22-10-7-11-26-18-9-6-8-17(12-18)25-5;/h6,8-9,12,15-16,19H,7,10-11,13-14H2,1-5H3,(H2,21,22,23);1H. The lowest BCUT2D eigenvalue weighted by molar-refractivity contribution is 0.265. The van der Waals surface area contributed by atoms with Gasteiger partial charge in [-0.2, -0.15) is 0 Å². The van der Waals surface area contributed by atoms with E-state index in [-0.39, 0.29) is 24.0 Å². The number of hydrogen-bond acceptors (Lipinski definition) is 4. The van der Waals surface area contributed by atoms with Gasteiger partial charge in [-0.25, -0.2) is 0 Å². The third-order valence-electron chi connectivity index (χ3n) is 4.84. The van der Waals surface area contributed by atoms with E-state index in [1.807, 2.05) is 31.3 Å². The van der Waals surface area contributed by atoms with Gasteiger partial charge in [0, 0.05) is 44.8 Å². The number of likely N-dealkylation sites (tertiary alicyclic amines) is 1. The Bertz CT molecular complexity index is 583. The van der Waals surface area contributed by atoms with Gasteiger partial charge in [-0.15, -0.1) is 24.0 Å². The van der Waals surface area contributed by atoms with Crippen LogP contribution in [0.25, 0.3) is 0 Å². The molecule has 1 aromatic rings. The van der Waals surface area contributed by atoms with Gasteiger partial charge in [0.05, 0.1) is 13.7 Å². The summed E-state index contributed by atoms with van der Waals surface area (Å²) in [6, 6.07) is 8.72. The fourth-order valence-corrected chi connectivity index (χ4v) is 3.14. The van der Waals surface area contributed by atoms with Crippen molar-refractivity contribution in [3.05, 3.63) is 24.3 Å². The van der Waals surface area contributed by atoms with E-state index in [4.69, 9.17) is 9.47 Å². The van der Waals surface area contributed by atoms with E-state index >= 15 is 0 Å². The number of guanidine groups is 1. The normalized spacial score (nSPS) is 20.3. The van der Waals surface area contributed by atoms with Crippen LogP contribution in [0.15, 0.2) is 29.3 Å². The molecule has 2 atom stereocenters. The molecule has 2 unspecified atom stereocenters. The highest BCUT2D eigenvalue weighted by Crippen LogP contribution is 2.19. The molecule has 1 aliphatic heterocycles. The Morgan fingerprint density at radius 1 is 1.30 bits per heavy atom. The molecule has 1 aliphatic rings. The van der Waals surface area contributed by atoms with E-state index in [1.165, 1.54) is 0 Å². The predicted octanol–water partition coefficient (Wildman–Crippen LogP) is 2.98. The van der Waals surface area contributed by atoms with Crippen molar-refractivity contribution >= 4 is 29.9 Å². The summed E-state index contributed by atoms with van der Waals surface area (Å²) >= 11 is 0. The van der Waals surface area contributed by atoms with Crippen molar-refractivity contribution in [1.82, 2.24) is 15.5 Å². The Kier molecular flexibility index (Phi) is 10.8. The zero-order valence-corrected chi connectivity index (χ0v) is 19.5. The maximum Gasteiger partial charge on any atom is 0.191 e. The number of aliphatic imine (C=N–C) groups is 1. The summed E-state index contributed by atoms with van der Waals surface area (Å²) in [5.41, 5.74) is 0. The Labute approximate surface area is 181 Å². The van der Waals surface area contributed by atoms with E-state index in [1.54, 1.807) is 7.11 Å². The van der Waals surface area contributed by atoms with E-state index in [9.17, 15) is 0 Å². The van der Waals surface area contributed by atoms with E-state index in [0.29, 0.717) is 24.6 Å². The minimum atomic E-state index is 0. The Hall–Kier alpha value is -1.22. The summed E-state index contributed by atoms with van der Waals surface area (Å²) in [7, 11) is 3.48. The molecule has 0 aromatic heterocycles. The average molecular weight is 490 g/mol. The van der Waals surface area contributed by atoms with Gasteiger partial charge in [0.2, 0.25) is 0 Å². The summed E-state index contributed by atoms with van der Waals surface area (Å²) in [5, 5.41) is 6.95. The highest BCUT2D eigenvalue weighted by Gasteiger charge is 2.31. The van der Waals surface area contributed by atoms with Crippen molar-refractivity contribution in [3.8, 4) is 11.5 Å². The number of rotatable bonds is 8. The van der Waals surface area contributed by atoms with Gasteiger partial charge in [-0.1, -0.05) is 13.0 Å². The minimum Gasteiger partial charge on any atom is -0.497 e. The molecule has 154 valence electrons. The first-order valence-electron chi connectivity index (χ1n) is 9.51. The highest BCUT2D eigenvalue weighted by molar-refractivity contribution is 14.0. The molecule has 0 radical (unpaired) electrons. The van der Waals surface area contributed by atoms with E-state index in [2.05, 4.69) is 41.3 Å². The first kappa shape index (κ1) is 23.8. The molecular weight excluding hydrogens is 455 g/mol. The lowest BCUT2D eigenvalue weighted by atomic mass is 10.1. The number of benzene rings is 1. The van der Waals surface area contributed by atoms with Crippen molar-refractivity contribution in [3.63, 3.8) is 0 Å². The van der Waals surface area contributed by atoms with E-state index < -0.39 is 0 Å². The van der Waals surface area contributed by atoms with Crippen molar-refractivity contribution in [2.45, 2.75) is 39.3 Å². The first-order valence-corrected chi connectivity index (χ1v) is 9.51. The van der Waals surface area contributed by atoms with Gasteiger partial charge in [0.15, 0.2) is 5.96 Å². The maximum absolute atomic E-state index is 5.77. The van der Waals surface area contributed by atoms with Crippen LogP contribution < -0.4 is 20.1 Å². The monoisotopic (exact) mass is 490 g/mol. The van der Waals surface area contributed by atoms with Crippen LogP contribution in [0.2, 0.25) is 0 Å². The van der Waals surface area contributed by atoms with Gasteiger partial charge < -0.3 is 20.1 Å². The summed E-state index contributed by atoms with van der Waals surface area (Å²) < 4.78 is 11.0. The molecule has 0 aliphatic carbocycles. The Morgan fingerprint density at radius 2 is 2.04 bits per heavy atom. The molecule has 1 saturated heterocycles. The smallest absolute Gasteiger partial charge is 0.191 e. The van der Waals surface area contributed by atoms with Crippen LogP contribution >= 0.6 is 24.0 Å². The second-order valence-electron chi connectivity index (χ2n) is 7.16. The third kappa shape index (κ3) is 7.73. The topological polar surface area (TPSA) is 58.1 Å². The second-order valence-corrected chi connectivity index (χ2v) is 7.16. The van der Waals surface area contributed by atoms with Gasteiger partial charge in [-0.3, -0.25) is 9.89 Å². The molecule has 2 N–H and O–H groups in total. The Morgan fingerprint density at radius 3 is 2.67 bits per heavy atom. The third-order valence-corrected chi connectivity index (χ3v) is 4.84. The van der Waals surface area contributed by atoms with Crippen LogP contribution in [0.4, 0.5) is 0 Å². The summed E-state index contributed by atoms with van der Waals surface area (Å²) in [5.74, 6) is 3.13. The number of methoxy groups -OCH3 is 1.